The first-order valence-corrected chi connectivity index (χ1v) is 6.00. The molecule has 3 aromatic rings. The smallest absolute Gasteiger partial charge is 0.267 e. The monoisotopic (exact) mass is 272 g/mol. The van der Waals surface area contributed by atoms with Gasteiger partial charge in [0.1, 0.15) is 11.8 Å². The molecule has 3 rings (SSSR count). The number of hydrogen-bond donors (Lipinski definition) is 0. The highest BCUT2D eigenvalue weighted by Crippen LogP contribution is 2.19. The van der Waals surface area contributed by atoms with Gasteiger partial charge in [0.05, 0.1) is 11.9 Å². The number of para-hydroxylation sites is 1. The van der Waals surface area contributed by atoms with Gasteiger partial charge in [-0.05, 0) is 18.6 Å². The Hall–Kier alpha value is -2.27. The molecule has 0 aliphatic carbocycles. The molecule has 0 spiro atoms. The van der Waals surface area contributed by atoms with Gasteiger partial charge in [-0.25, -0.2) is 15.0 Å². The zero-order chi connectivity index (χ0) is 13.4. The highest BCUT2D eigenvalue weighted by Gasteiger charge is 2.11. The molecule has 5 nitrogen and oxygen atoms in total. The minimum atomic E-state index is -0.253. The Morgan fingerprint density at radius 2 is 1.95 bits per heavy atom. The molecule has 0 aliphatic rings. The van der Waals surface area contributed by atoms with Crippen LogP contribution in [0.25, 0.3) is 16.9 Å². The Bertz CT molecular complexity index is 828. The molecule has 0 fully saturated rings. The van der Waals surface area contributed by atoms with Crippen LogP contribution >= 0.6 is 11.6 Å². The normalized spacial score (nSPS) is 10.8. The maximum Gasteiger partial charge on any atom is 0.275 e. The minimum Gasteiger partial charge on any atom is -0.267 e. The van der Waals surface area contributed by atoms with Crippen LogP contribution in [0.4, 0.5) is 0 Å². The minimum absolute atomic E-state index is 0.229. The molecular weight excluding hydrogens is 264 g/mol. The molecule has 2 heterocycles. The lowest BCUT2D eigenvalue weighted by atomic mass is 10.2. The number of nitrogens with zero attached hydrogens (tertiary/aromatic N) is 4. The van der Waals surface area contributed by atoms with Gasteiger partial charge in [0.25, 0.3) is 5.56 Å². The molecule has 0 amide bonds. The van der Waals surface area contributed by atoms with Gasteiger partial charge in [-0.1, -0.05) is 29.8 Å². The van der Waals surface area contributed by atoms with Crippen LogP contribution in [-0.2, 0) is 0 Å². The fraction of sp³-hybridized carbons (Fsp3) is 0.0769. The molecule has 0 bridgehead atoms. The summed E-state index contributed by atoms with van der Waals surface area (Å²) in [6.07, 6.45) is 2.55. The summed E-state index contributed by atoms with van der Waals surface area (Å²) in [7, 11) is 0. The lowest BCUT2D eigenvalue weighted by Crippen LogP contribution is -2.20. The average molecular weight is 273 g/mol. The molecule has 1 aromatic carbocycles. The number of halogens is 1. The molecule has 0 unspecified atom stereocenters. The third kappa shape index (κ3) is 1.88. The van der Waals surface area contributed by atoms with Crippen molar-refractivity contribution in [2.45, 2.75) is 6.92 Å². The Morgan fingerprint density at radius 3 is 2.74 bits per heavy atom. The van der Waals surface area contributed by atoms with Crippen molar-refractivity contribution in [3.63, 3.8) is 0 Å². The standard InChI is InChI=1S/C13H9ClN4O/c1-8-4-2-3-5-9(8)18-10(19)6-15-11-12(14)16-7-17-13(11)18/h2-7H,1H3. The van der Waals surface area contributed by atoms with Crippen LogP contribution in [0.2, 0.25) is 5.15 Å². The molecule has 0 saturated heterocycles. The van der Waals surface area contributed by atoms with Crippen molar-refractivity contribution in [1.82, 2.24) is 19.5 Å². The molecule has 0 aliphatic heterocycles. The first kappa shape index (κ1) is 11.8. The average Bonchev–Trinajstić information content (AvgIpc) is 2.40. The number of rotatable bonds is 1. The summed E-state index contributed by atoms with van der Waals surface area (Å²) in [5.41, 5.74) is 2.28. The van der Waals surface area contributed by atoms with E-state index in [0.29, 0.717) is 11.2 Å². The van der Waals surface area contributed by atoms with E-state index >= 15 is 0 Å². The van der Waals surface area contributed by atoms with Gasteiger partial charge >= 0.3 is 0 Å². The molecule has 0 atom stereocenters. The molecule has 94 valence electrons. The second-order valence-electron chi connectivity index (χ2n) is 4.06. The number of aryl methyl sites for hydroxylation is 1. The highest BCUT2D eigenvalue weighted by molar-refractivity contribution is 6.33. The SMILES string of the molecule is Cc1ccccc1-n1c(=O)cnc2c(Cl)ncnc21. The van der Waals surface area contributed by atoms with Crippen LogP contribution in [0, 0.1) is 6.92 Å². The third-order valence-corrected chi connectivity index (χ3v) is 3.13. The largest absolute Gasteiger partial charge is 0.275 e. The van der Waals surface area contributed by atoms with Crippen LogP contribution in [0.15, 0.2) is 41.6 Å². The Balaban J connectivity index is 2.48. The summed E-state index contributed by atoms with van der Waals surface area (Å²) >= 11 is 5.98. The molecule has 0 saturated carbocycles. The van der Waals surface area contributed by atoms with Crippen molar-refractivity contribution in [3.05, 3.63) is 57.9 Å². The predicted molar refractivity (Wildman–Crippen MR) is 72.7 cm³/mol. The zero-order valence-electron chi connectivity index (χ0n) is 10.0. The summed E-state index contributed by atoms with van der Waals surface area (Å²) in [5.74, 6) is 0. The maximum atomic E-state index is 12.1. The second-order valence-corrected chi connectivity index (χ2v) is 4.41. The van der Waals surface area contributed by atoms with E-state index in [-0.39, 0.29) is 10.7 Å². The maximum absolute atomic E-state index is 12.1. The Morgan fingerprint density at radius 1 is 1.16 bits per heavy atom. The molecule has 2 aromatic heterocycles. The number of aromatic nitrogens is 4. The number of hydrogen-bond acceptors (Lipinski definition) is 4. The van der Waals surface area contributed by atoms with Crippen LogP contribution in [0.3, 0.4) is 0 Å². The van der Waals surface area contributed by atoms with Gasteiger partial charge in [0.2, 0.25) is 0 Å². The van der Waals surface area contributed by atoms with E-state index in [1.54, 1.807) is 0 Å². The van der Waals surface area contributed by atoms with Gasteiger partial charge in [0, 0.05) is 0 Å². The molecule has 0 N–H and O–H groups in total. The van der Waals surface area contributed by atoms with E-state index in [9.17, 15) is 4.79 Å². The topological polar surface area (TPSA) is 60.7 Å². The van der Waals surface area contributed by atoms with E-state index in [4.69, 9.17) is 11.6 Å². The Kier molecular flexibility index (Phi) is 2.76. The molecule has 19 heavy (non-hydrogen) atoms. The summed E-state index contributed by atoms with van der Waals surface area (Å²) < 4.78 is 1.49. The van der Waals surface area contributed by atoms with Crippen molar-refractivity contribution in [2.75, 3.05) is 0 Å². The summed E-state index contributed by atoms with van der Waals surface area (Å²) in [5, 5.41) is 0.229. The Labute approximate surface area is 113 Å². The van der Waals surface area contributed by atoms with Crippen molar-refractivity contribution in [2.24, 2.45) is 0 Å². The lowest BCUT2D eigenvalue weighted by Gasteiger charge is -2.10. The van der Waals surface area contributed by atoms with E-state index in [0.717, 1.165) is 11.3 Å². The van der Waals surface area contributed by atoms with E-state index in [2.05, 4.69) is 15.0 Å². The van der Waals surface area contributed by atoms with E-state index in [1.165, 1.54) is 17.1 Å². The first-order chi connectivity index (χ1) is 9.18. The van der Waals surface area contributed by atoms with Gasteiger partial charge in [-0.2, -0.15) is 0 Å². The van der Waals surface area contributed by atoms with Gasteiger partial charge in [-0.15, -0.1) is 0 Å². The first-order valence-electron chi connectivity index (χ1n) is 5.63. The summed E-state index contributed by atoms with van der Waals surface area (Å²) in [6.45, 7) is 1.93. The zero-order valence-corrected chi connectivity index (χ0v) is 10.8. The molecule has 6 heteroatoms. The third-order valence-electron chi connectivity index (χ3n) is 2.85. The highest BCUT2D eigenvalue weighted by atomic mass is 35.5. The fourth-order valence-corrected chi connectivity index (χ4v) is 2.13. The summed E-state index contributed by atoms with van der Waals surface area (Å²) in [6, 6.07) is 7.56. The second kappa shape index (κ2) is 4.44. The van der Waals surface area contributed by atoms with Crippen molar-refractivity contribution >= 4 is 22.8 Å². The van der Waals surface area contributed by atoms with E-state index < -0.39 is 0 Å². The van der Waals surface area contributed by atoms with Crippen LogP contribution in [0.5, 0.6) is 0 Å². The number of fused-ring (bicyclic) bond motifs is 1. The summed E-state index contributed by atoms with van der Waals surface area (Å²) in [4.78, 5) is 24.1. The van der Waals surface area contributed by atoms with Gasteiger partial charge in [-0.3, -0.25) is 9.36 Å². The fourth-order valence-electron chi connectivity index (χ4n) is 1.95. The van der Waals surface area contributed by atoms with Gasteiger partial charge in [0.15, 0.2) is 10.8 Å². The quantitative estimate of drug-likeness (QED) is 0.637. The lowest BCUT2D eigenvalue weighted by molar-refractivity contribution is 0.969. The van der Waals surface area contributed by atoms with Gasteiger partial charge < -0.3 is 0 Å². The van der Waals surface area contributed by atoms with Crippen LogP contribution in [0.1, 0.15) is 5.56 Å². The van der Waals surface area contributed by atoms with Crippen molar-refractivity contribution in [3.8, 4) is 5.69 Å². The molecular formula is C13H9ClN4O. The van der Waals surface area contributed by atoms with Crippen molar-refractivity contribution < 1.29 is 0 Å². The molecule has 0 radical (unpaired) electrons. The van der Waals surface area contributed by atoms with E-state index in [1.807, 2.05) is 31.2 Å². The predicted octanol–water partition coefficient (Wildman–Crippen LogP) is 2.14. The number of benzene rings is 1. The van der Waals surface area contributed by atoms with Crippen LogP contribution < -0.4 is 5.56 Å². The van der Waals surface area contributed by atoms with Crippen molar-refractivity contribution in [1.29, 1.82) is 0 Å². The van der Waals surface area contributed by atoms with Crippen LogP contribution in [-0.4, -0.2) is 19.5 Å².